The molecule has 0 aliphatic carbocycles. The second-order valence-electron chi connectivity index (χ2n) is 4.17. The summed E-state index contributed by atoms with van der Waals surface area (Å²) in [5.74, 6) is -1.43. The van der Waals surface area contributed by atoms with Crippen LogP contribution in [0.3, 0.4) is 0 Å². The smallest absolute Gasteiger partial charge is 0.213 e. The average molecular weight is 321 g/mol. The number of rotatable bonds is 11. The molecule has 22 heavy (non-hydrogen) atoms. The monoisotopic (exact) mass is 321 g/mol. The SMILES string of the molecule is NC(C(O)CN=O)C(O)C(N=O)C(=O)C(=NO)C(O)CN=O. The van der Waals surface area contributed by atoms with Gasteiger partial charge in [-0.1, -0.05) is 20.7 Å². The van der Waals surface area contributed by atoms with Crippen molar-refractivity contribution in [3.05, 3.63) is 14.7 Å². The highest BCUT2D eigenvalue weighted by Crippen LogP contribution is 2.10. The van der Waals surface area contributed by atoms with Gasteiger partial charge >= 0.3 is 0 Å². The van der Waals surface area contributed by atoms with Gasteiger partial charge in [0.15, 0.2) is 11.8 Å². The van der Waals surface area contributed by atoms with Crippen LogP contribution in [0.2, 0.25) is 0 Å². The highest BCUT2D eigenvalue weighted by molar-refractivity contribution is 6.43. The Labute approximate surface area is 122 Å². The predicted octanol–water partition coefficient (Wildman–Crippen LogP) is -2.54. The zero-order valence-corrected chi connectivity index (χ0v) is 11.1. The third-order valence-corrected chi connectivity index (χ3v) is 2.73. The molecule has 0 rings (SSSR count). The van der Waals surface area contributed by atoms with Crippen LogP contribution in [-0.4, -0.2) is 75.5 Å². The molecule has 5 atom stereocenters. The Hall–Kier alpha value is -2.22. The number of Topliss-reactive ketones (excluding diaryl/α,β-unsaturated/α-hetero) is 1. The van der Waals surface area contributed by atoms with Crippen molar-refractivity contribution in [2.24, 2.45) is 26.4 Å². The fourth-order valence-corrected chi connectivity index (χ4v) is 1.49. The molecule has 0 radical (unpaired) electrons. The van der Waals surface area contributed by atoms with Crippen LogP contribution >= 0.6 is 0 Å². The molecule has 13 nitrogen and oxygen atoms in total. The Morgan fingerprint density at radius 2 is 1.59 bits per heavy atom. The molecule has 0 aromatic rings. The van der Waals surface area contributed by atoms with Gasteiger partial charge in [0.2, 0.25) is 5.78 Å². The number of nitrogens with two attached hydrogens (primary N) is 1. The van der Waals surface area contributed by atoms with E-state index in [9.17, 15) is 34.8 Å². The molecule has 0 heterocycles. The van der Waals surface area contributed by atoms with Crippen molar-refractivity contribution in [3.8, 4) is 0 Å². The van der Waals surface area contributed by atoms with Crippen LogP contribution in [0.4, 0.5) is 0 Å². The molecule has 5 unspecified atom stereocenters. The number of ketones is 1. The molecule has 0 spiro atoms. The number of nitrogens with zero attached hydrogens (tertiary/aromatic N) is 4. The van der Waals surface area contributed by atoms with Crippen LogP contribution in [0.15, 0.2) is 20.7 Å². The van der Waals surface area contributed by atoms with Gasteiger partial charge in [-0.2, -0.15) is 9.81 Å². The maximum absolute atomic E-state index is 11.9. The van der Waals surface area contributed by atoms with Gasteiger partial charge in [0.05, 0.1) is 12.1 Å². The molecule has 0 bridgehead atoms. The second kappa shape index (κ2) is 9.67. The third kappa shape index (κ3) is 4.96. The van der Waals surface area contributed by atoms with Crippen LogP contribution in [0.1, 0.15) is 0 Å². The van der Waals surface area contributed by atoms with E-state index >= 15 is 0 Å². The fraction of sp³-hybridized carbons (Fsp3) is 0.778. The molecule has 0 aliphatic heterocycles. The van der Waals surface area contributed by atoms with E-state index in [4.69, 9.17) is 10.9 Å². The molecule has 0 aliphatic rings. The highest BCUT2D eigenvalue weighted by Gasteiger charge is 2.39. The van der Waals surface area contributed by atoms with E-state index in [0.29, 0.717) is 0 Å². The number of nitroso groups, excluding NO2 is 3. The zero-order valence-electron chi connectivity index (χ0n) is 11.1. The molecule has 0 saturated heterocycles. The summed E-state index contributed by atoms with van der Waals surface area (Å²) in [4.78, 5) is 42.6. The average Bonchev–Trinajstić information content (AvgIpc) is 2.48. The summed E-state index contributed by atoms with van der Waals surface area (Å²) < 4.78 is 0. The van der Waals surface area contributed by atoms with Gasteiger partial charge in [-0.05, 0) is 0 Å². The van der Waals surface area contributed by atoms with Gasteiger partial charge in [0, 0.05) is 0 Å². The lowest BCUT2D eigenvalue weighted by atomic mass is 9.93. The molecule has 0 amide bonds. The van der Waals surface area contributed by atoms with Crippen LogP contribution in [-0.2, 0) is 4.79 Å². The number of hydrogen-bond acceptors (Lipinski definition) is 13. The Kier molecular flexibility index (Phi) is 8.69. The number of aliphatic hydroxyl groups is 3. The minimum atomic E-state index is -2.15. The summed E-state index contributed by atoms with van der Waals surface area (Å²) in [6, 6.07) is -3.80. The van der Waals surface area contributed by atoms with Crippen molar-refractivity contribution in [2.75, 3.05) is 13.1 Å². The summed E-state index contributed by atoms with van der Waals surface area (Å²) in [5, 5.41) is 46.5. The molecule has 0 saturated carbocycles. The molecule has 13 heteroatoms. The molecule has 0 fully saturated rings. The topological polar surface area (TPSA) is 225 Å². The van der Waals surface area contributed by atoms with E-state index < -0.39 is 55.0 Å². The quantitative estimate of drug-likeness (QED) is 0.117. The zero-order chi connectivity index (χ0) is 17.3. The van der Waals surface area contributed by atoms with Gasteiger partial charge in [0.25, 0.3) is 0 Å². The van der Waals surface area contributed by atoms with Crippen molar-refractivity contribution < 1.29 is 25.3 Å². The molecular weight excluding hydrogens is 306 g/mol. The maximum Gasteiger partial charge on any atom is 0.213 e. The van der Waals surface area contributed by atoms with Crippen molar-refractivity contribution in [1.29, 1.82) is 0 Å². The summed E-state index contributed by atoms with van der Waals surface area (Å²) in [6.07, 6.45) is -5.65. The van der Waals surface area contributed by atoms with Crippen molar-refractivity contribution in [2.45, 2.75) is 30.4 Å². The van der Waals surface area contributed by atoms with E-state index in [1.54, 1.807) is 0 Å². The Balaban J connectivity index is 5.22. The van der Waals surface area contributed by atoms with E-state index in [-0.39, 0.29) is 0 Å². The number of hydrogen-bond donors (Lipinski definition) is 5. The number of carbonyl (C=O) groups excluding carboxylic acids is 1. The van der Waals surface area contributed by atoms with Crippen LogP contribution in [0.5, 0.6) is 0 Å². The largest absolute Gasteiger partial charge is 0.410 e. The van der Waals surface area contributed by atoms with Gasteiger partial charge in [-0.3, -0.25) is 4.79 Å². The van der Waals surface area contributed by atoms with Gasteiger partial charge in [0.1, 0.15) is 25.3 Å². The number of oxime groups is 1. The molecule has 0 aromatic carbocycles. The van der Waals surface area contributed by atoms with Crippen LogP contribution in [0, 0.1) is 14.7 Å². The number of aliphatic hydroxyl groups excluding tert-OH is 3. The van der Waals surface area contributed by atoms with Crippen molar-refractivity contribution >= 4 is 11.5 Å². The summed E-state index contributed by atoms with van der Waals surface area (Å²) in [7, 11) is 0. The van der Waals surface area contributed by atoms with Crippen LogP contribution < -0.4 is 5.73 Å². The maximum atomic E-state index is 11.9. The van der Waals surface area contributed by atoms with Gasteiger partial charge in [-0.15, -0.1) is 4.91 Å². The van der Waals surface area contributed by atoms with Gasteiger partial charge in [-0.25, -0.2) is 0 Å². The third-order valence-electron chi connectivity index (χ3n) is 2.73. The number of carbonyl (C=O) groups is 1. The summed E-state index contributed by atoms with van der Waals surface area (Å²) >= 11 is 0. The predicted molar refractivity (Wildman–Crippen MR) is 71.1 cm³/mol. The van der Waals surface area contributed by atoms with E-state index in [1.165, 1.54) is 0 Å². The standard InChI is InChI=1S/C9H15N5O8/c10-5(3(15)1-11-19)8(17)7(14-22)9(18)6(13-21)4(16)2-12-20/h3-5,7-8,15-17,21H,1-2,10H2. The molecule has 0 aromatic heterocycles. The normalized spacial score (nSPS) is 18.6. The van der Waals surface area contributed by atoms with Crippen LogP contribution in [0.25, 0.3) is 0 Å². The molecule has 124 valence electrons. The summed E-state index contributed by atoms with van der Waals surface area (Å²) in [5.41, 5.74) is 4.31. The Morgan fingerprint density at radius 3 is 2.00 bits per heavy atom. The highest BCUT2D eigenvalue weighted by atomic mass is 16.4. The Morgan fingerprint density at radius 1 is 1.05 bits per heavy atom. The first-order valence-electron chi connectivity index (χ1n) is 5.82. The van der Waals surface area contributed by atoms with Gasteiger partial charge < -0.3 is 26.3 Å². The molecule has 6 N–H and O–H groups in total. The first-order chi connectivity index (χ1) is 10.3. The lowest BCUT2D eigenvalue weighted by Crippen LogP contribution is -2.54. The van der Waals surface area contributed by atoms with Crippen molar-refractivity contribution in [3.63, 3.8) is 0 Å². The van der Waals surface area contributed by atoms with E-state index in [2.05, 4.69) is 20.7 Å². The lowest BCUT2D eigenvalue weighted by molar-refractivity contribution is -0.117. The fourth-order valence-electron chi connectivity index (χ4n) is 1.49. The first kappa shape index (κ1) is 19.8. The van der Waals surface area contributed by atoms with Crippen molar-refractivity contribution in [1.82, 2.24) is 0 Å². The first-order valence-corrected chi connectivity index (χ1v) is 5.82. The Bertz CT molecular complexity index is 444. The minimum absolute atomic E-state index is 0.712. The molecular formula is C9H15N5O8. The van der Waals surface area contributed by atoms with E-state index in [1.807, 2.05) is 0 Å². The minimum Gasteiger partial charge on any atom is -0.410 e. The second-order valence-corrected chi connectivity index (χ2v) is 4.17. The van der Waals surface area contributed by atoms with E-state index in [0.717, 1.165) is 0 Å². The lowest BCUT2D eigenvalue weighted by Gasteiger charge is -2.25. The summed E-state index contributed by atoms with van der Waals surface area (Å²) in [6.45, 7) is -1.56.